The average molecular weight is 526 g/mol. The third-order valence-electron chi connectivity index (χ3n) is 6.79. The summed E-state index contributed by atoms with van der Waals surface area (Å²) < 4.78 is 10.8. The smallest absolute Gasteiger partial charge is 0.305 e. The van der Waals surface area contributed by atoms with Crippen molar-refractivity contribution in [1.29, 1.82) is 0 Å². The van der Waals surface area contributed by atoms with Crippen LogP contribution in [0.1, 0.15) is 68.4 Å². The fraction of sp³-hybridized carbons (Fsp3) is 0.312. The van der Waals surface area contributed by atoms with Crippen molar-refractivity contribution < 1.29 is 18.7 Å². The van der Waals surface area contributed by atoms with Gasteiger partial charge in [0.15, 0.2) is 5.78 Å². The number of rotatable bonds is 13. The van der Waals surface area contributed by atoms with E-state index in [0.29, 0.717) is 42.7 Å². The van der Waals surface area contributed by atoms with Crippen LogP contribution in [0.4, 0.5) is 5.69 Å². The van der Waals surface area contributed by atoms with Crippen molar-refractivity contribution in [2.75, 3.05) is 11.9 Å². The molecule has 0 aliphatic rings. The van der Waals surface area contributed by atoms with Crippen molar-refractivity contribution in [2.24, 2.45) is 5.92 Å². The van der Waals surface area contributed by atoms with Gasteiger partial charge in [-0.2, -0.15) is 0 Å². The molecule has 4 aromatic rings. The number of nitrogens with zero attached hydrogens (tertiary/aromatic N) is 2. The first-order chi connectivity index (χ1) is 19.0. The number of aromatic nitrogens is 2. The molecule has 0 spiro atoms. The molecule has 0 aliphatic carbocycles. The van der Waals surface area contributed by atoms with Gasteiger partial charge < -0.3 is 14.5 Å². The van der Waals surface area contributed by atoms with Gasteiger partial charge in [0, 0.05) is 35.2 Å². The van der Waals surface area contributed by atoms with Gasteiger partial charge in [-0.15, -0.1) is 10.2 Å². The van der Waals surface area contributed by atoms with Gasteiger partial charge in [0.05, 0.1) is 12.6 Å². The Hall–Kier alpha value is -4.26. The van der Waals surface area contributed by atoms with Gasteiger partial charge in [-0.1, -0.05) is 50.6 Å². The highest BCUT2D eigenvalue weighted by Gasteiger charge is 2.19. The minimum Gasteiger partial charge on any atom is -0.466 e. The van der Waals surface area contributed by atoms with Gasteiger partial charge in [-0.3, -0.25) is 9.59 Å². The number of esters is 1. The molecule has 7 nitrogen and oxygen atoms in total. The van der Waals surface area contributed by atoms with E-state index in [-0.39, 0.29) is 24.2 Å². The monoisotopic (exact) mass is 525 g/mol. The minimum atomic E-state index is -0.261. The zero-order chi connectivity index (χ0) is 27.6. The van der Waals surface area contributed by atoms with Crippen LogP contribution in [-0.4, -0.2) is 28.6 Å². The van der Waals surface area contributed by atoms with Crippen LogP contribution < -0.4 is 5.32 Å². The van der Waals surface area contributed by atoms with Crippen molar-refractivity contribution >= 4 is 17.4 Å². The maximum Gasteiger partial charge on any atom is 0.305 e. The standard InChI is InChI=1S/C32H35N3O4/c1-4-22(3)30(33-27-20-18-23(19-21-27)28(36)12-9-13-29(37)38-5-2)24-14-16-26(17-15-24)32-35-34-31(39-32)25-10-7-6-8-11-25/h6-8,10-11,14-22,30,33H,4-5,9,12-13H2,1-3H3/t22?,30-/m0/s1. The molecule has 0 bridgehead atoms. The Kier molecular flexibility index (Phi) is 9.62. The van der Waals surface area contributed by atoms with Crippen molar-refractivity contribution in [3.05, 3.63) is 90.0 Å². The van der Waals surface area contributed by atoms with E-state index >= 15 is 0 Å². The van der Waals surface area contributed by atoms with Gasteiger partial charge in [-0.25, -0.2) is 0 Å². The second-order valence-electron chi connectivity index (χ2n) is 9.57. The predicted octanol–water partition coefficient (Wildman–Crippen LogP) is 7.52. The first kappa shape index (κ1) is 27.8. The van der Waals surface area contributed by atoms with E-state index in [4.69, 9.17) is 9.15 Å². The summed E-state index contributed by atoms with van der Waals surface area (Å²) >= 11 is 0. The molecule has 0 amide bonds. The van der Waals surface area contributed by atoms with Gasteiger partial charge in [-0.05, 0) is 73.4 Å². The Labute approximate surface area is 229 Å². The molecule has 1 N–H and O–H groups in total. The average Bonchev–Trinajstić information content (AvgIpc) is 3.47. The molecule has 0 aliphatic heterocycles. The summed E-state index contributed by atoms with van der Waals surface area (Å²) in [7, 11) is 0. The zero-order valence-corrected chi connectivity index (χ0v) is 22.7. The van der Waals surface area contributed by atoms with Gasteiger partial charge in [0.25, 0.3) is 0 Å². The quantitative estimate of drug-likeness (QED) is 0.142. The van der Waals surface area contributed by atoms with Gasteiger partial charge >= 0.3 is 5.97 Å². The van der Waals surface area contributed by atoms with Crippen LogP contribution in [0, 0.1) is 5.92 Å². The number of carbonyl (C=O) groups excluding carboxylic acids is 2. The number of hydrogen-bond acceptors (Lipinski definition) is 7. The second-order valence-corrected chi connectivity index (χ2v) is 9.57. The van der Waals surface area contributed by atoms with E-state index in [1.165, 1.54) is 0 Å². The summed E-state index contributed by atoms with van der Waals surface area (Å²) in [4.78, 5) is 24.0. The lowest BCUT2D eigenvalue weighted by atomic mass is 9.91. The van der Waals surface area contributed by atoms with Gasteiger partial charge in [0.1, 0.15) is 0 Å². The van der Waals surface area contributed by atoms with Gasteiger partial charge in [0.2, 0.25) is 11.8 Å². The molecule has 39 heavy (non-hydrogen) atoms. The number of hydrogen-bond donors (Lipinski definition) is 1. The minimum absolute atomic E-state index is 0.0244. The molecular formula is C32H35N3O4. The number of anilines is 1. The van der Waals surface area contributed by atoms with E-state index < -0.39 is 0 Å². The molecule has 0 saturated carbocycles. The zero-order valence-electron chi connectivity index (χ0n) is 22.7. The molecule has 0 radical (unpaired) electrons. The fourth-order valence-electron chi connectivity index (χ4n) is 4.36. The summed E-state index contributed by atoms with van der Waals surface area (Å²) in [6, 6.07) is 25.5. The van der Waals surface area contributed by atoms with E-state index in [0.717, 1.165) is 28.8 Å². The summed E-state index contributed by atoms with van der Waals surface area (Å²) in [6.45, 7) is 6.53. The van der Waals surface area contributed by atoms with Crippen molar-refractivity contribution in [2.45, 2.75) is 52.5 Å². The lowest BCUT2D eigenvalue weighted by Gasteiger charge is -2.26. The highest BCUT2D eigenvalue weighted by Crippen LogP contribution is 2.31. The Bertz CT molecular complexity index is 1350. The highest BCUT2D eigenvalue weighted by molar-refractivity contribution is 5.96. The van der Waals surface area contributed by atoms with Crippen molar-refractivity contribution in [1.82, 2.24) is 10.2 Å². The molecule has 1 aromatic heterocycles. The van der Waals surface area contributed by atoms with Crippen LogP contribution in [0.5, 0.6) is 0 Å². The van der Waals surface area contributed by atoms with Crippen LogP contribution in [0.3, 0.4) is 0 Å². The number of Topliss-reactive ketones (excluding diaryl/α,β-unsaturated/α-hetero) is 1. The summed E-state index contributed by atoms with van der Waals surface area (Å²) in [5, 5.41) is 12.1. The normalized spacial score (nSPS) is 12.5. The number of carbonyl (C=O) groups is 2. The molecule has 0 fully saturated rings. The molecule has 1 unspecified atom stereocenters. The number of nitrogens with one attached hydrogen (secondary N) is 1. The summed E-state index contributed by atoms with van der Waals surface area (Å²) in [6.07, 6.45) is 2.07. The largest absolute Gasteiger partial charge is 0.466 e. The molecular weight excluding hydrogens is 490 g/mol. The van der Waals surface area contributed by atoms with E-state index in [2.05, 4.69) is 41.5 Å². The molecule has 2 atom stereocenters. The molecule has 7 heteroatoms. The highest BCUT2D eigenvalue weighted by atomic mass is 16.5. The fourth-order valence-corrected chi connectivity index (χ4v) is 4.36. The van der Waals surface area contributed by atoms with E-state index in [1.54, 1.807) is 6.92 Å². The summed E-state index contributed by atoms with van der Waals surface area (Å²) in [5.41, 5.74) is 4.48. The Morgan fingerprint density at radius 3 is 2.10 bits per heavy atom. The second kappa shape index (κ2) is 13.5. The number of ketones is 1. The number of benzene rings is 3. The third kappa shape index (κ3) is 7.41. The Morgan fingerprint density at radius 1 is 0.846 bits per heavy atom. The first-order valence-electron chi connectivity index (χ1n) is 13.5. The lowest BCUT2D eigenvalue weighted by Crippen LogP contribution is -2.18. The lowest BCUT2D eigenvalue weighted by molar-refractivity contribution is -0.143. The molecule has 4 rings (SSSR count). The van der Waals surface area contributed by atoms with Crippen LogP contribution in [0.25, 0.3) is 22.9 Å². The van der Waals surface area contributed by atoms with E-state index in [9.17, 15) is 9.59 Å². The third-order valence-corrected chi connectivity index (χ3v) is 6.79. The van der Waals surface area contributed by atoms with Crippen molar-refractivity contribution in [3.8, 4) is 22.9 Å². The Balaban J connectivity index is 1.41. The first-order valence-corrected chi connectivity index (χ1v) is 13.5. The van der Waals surface area contributed by atoms with Crippen molar-refractivity contribution in [3.63, 3.8) is 0 Å². The van der Waals surface area contributed by atoms with Crippen LogP contribution in [-0.2, 0) is 9.53 Å². The molecule has 0 saturated heterocycles. The topological polar surface area (TPSA) is 94.3 Å². The maximum absolute atomic E-state index is 12.5. The van der Waals surface area contributed by atoms with Crippen LogP contribution in [0.15, 0.2) is 83.3 Å². The SMILES string of the molecule is CCOC(=O)CCCC(=O)c1ccc(N[C@H](c2ccc(-c3nnc(-c4ccccc4)o3)cc2)C(C)CC)cc1. The van der Waals surface area contributed by atoms with Crippen LogP contribution in [0.2, 0.25) is 0 Å². The Morgan fingerprint density at radius 2 is 1.49 bits per heavy atom. The number of ether oxygens (including phenoxy) is 1. The predicted molar refractivity (Wildman–Crippen MR) is 152 cm³/mol. The van der Waals surface area contributed by atoms with E-state index in [1.807, 2.05) is 66.7 Å². The van der Waals surface area contributed by atoms with Crippen LogP contribution >= 0.6 is 0 Å². The molecule has 3 aromatic carbocycles. The summed E-state index contributed by atoms with van der Waals surface area (Å²) in [5.74, 6) is 1.11. The maximum atomic E-state index is 12.5. The molecule has 1 heterocycles. The molecule has 202 valence electrons.